The van der Waals surface area contributed by atoms with Crippen molar-refractivity contribution in [1.29, 1.82) is 0 Å². The minimum absolute atomic E-state index is 0.210. The quantitative estimate of drug-likeness (QED) is 0.792. The van der Waals surface area contributed by atoms with Gasteiger partial charge in [0.2, 0.25) is 0 Å². The highest BCUT2D eigenvalue weighted by Gasteiger charge is 2.12. The van der Waals surface area contributed by atoms with Gasteiger partial charge in [-0.1, -0.05) is 0 Å². The van der Waals surface area contributed by atoms with E-state index >= 15 is 0 Å². The second-order valence-electron chi connectivity index (χ2n) is 3.43. The van der Waals surface area contributed by atoms with Crippen molar-refractivity contribution in [1.82, 2.24) is 24.5 Å². The molecule has 2 aromatic rings. The van der Waals surface area contributed by atoms with E-state index in [0.29, 0.717) is 12.2 Å². The number of nitrogens with zero attached hydrogens (tertiary/aromatic N) is 5. The van der Waals surface area contributed by atoms with Crippen LogP contribution in [0.3, 0.4) is 0 Å². The van der Waals surface area contributed by atoms with Crippen LogP contribution < -0.4 is 0 Å². The molecule has 0 aliphatic rings. The van der Waals surface area contributed by atoms with Crippen LogP contribution in [-0.2, 0) is 13.6 Å². The summed E-state index contributed by atoms with van der Waals surface area (Å²) in [7, 11) is 1.77. The van der Waals surface area contributed by atoms with E-state index in [0.717, 1.165) is 5.82 Å². The third-order valence-electron chi connectivity index (χ3n) is 2.29. The summed E-state index contributed by atoms with van der Waals surface area (Å²) in [5.74, 6) is -0.249. The molecule has 0 saturated carbocycles. The van der Waals surface area contributed by atoms with Crippen molar-refractivity contribution in [2.75, 3.05) is 0 Å². The minimum atomic E-state index is -0.971. The van der Waals surface area contributed by atoms with Gasteiger partial charge in [0.25, 0.3) is 0 Å². The molecule has 7 heteroatoms. The van der Waals surface area contributed by atoms with Crippen LogP contribution in [0.5, 0.6) is 0 Å². The van der Waals surface area contributed by atoms with Gasteiger partial charge >= 0.3 is 5.97 Å². The number of rotatable bonds is 3. The zero-order valence-corrected chi connectivity index (χ0v) is 8.95. The molecule has 16 heavy (non-hydrogen) atoms. The lowest BCUT2D eigenvalue weighted by Crippen LogP contribution is -2.07. The summed E-state index contributed by atoms with van der Waals surface area (Å²) in [6, 6.07) is 0. The van der Waals surface area contributed by atoms with Crippen LogP contribution in [-0.4, -0.2) is 35.6 Å². The molecule has 2 heterocycles. The molecule has 0 atom stereocenters. The number of hydrogen-bond donors (Lipinski definition) is 1. The molecule has 0 amide bonds. The molecule has 2 aromatic heterocycles. The average molecular weight is 221 g/mol. The van der Waals surface area contributed by atoms with Crippen LogP contribution in [0.1, 0.15) is 21.9 Å². The molecule has 0 radical (unpaired) electrons. The Kier molecular flexibility index (Phi) is 2.43. The highest BCUT2D eigenvalue weighted by molar-refractivity contribution is 5.88. The Balaban J connectivity index is 2.26. The molecule has 0 fully saturated rings. The number of aryl methyl sites for hydroxylation is 2. The first kappa shape index (κ1) is 10.3. The van der Waals surface area contributed by atoms with Gasteiger partial charge in [0.15, 0.2) is 0 Å². The number of aromatic nitrogens is 5. The van der Waals surface area contributed by atoms with Crippen molar-refractivity contribution in [3.63, 3.8) is 0 Å². The van der Waals surface area contributed by atoms with Gasteiger partial charge in [0.1, 0.15) is 24.3 Å². The molecule has 0 aromatic carbocycles. The normalized spacial score (nSPS) is 10.6. The summed E-state index contributed by atoms with van der Waals surface area (Å²) in [4.78, 5) is 14.9. The highest BCUT2D eigenvalue weighted by atomic mass is 16.4. The minimum Gasteiger partial charge on any atom is -0.478 e. The van der Waals surface area contributed by atoms with Crippen LogP contribution in [0.25, 0.3) is 0 Å². The number of carboxylic acids is 1. The summed E-state index contributed by atoms with van der Waals surface area (Å²) >= 11 is 0. The van der Waals surface area contributed by atoms with Gasteiger partial charge in [-0.2, -0.15) is 10.2 Å². The second-order valence-corrected chi connectivity index (χ2v) is 3.43. The Morgan fingerprint density at radius 1 is 1.56 bits per heavy atom. The number of carboxylic acid groups (broad SMARTS) is 1. The van der Waals surface area contributed by atoms with E-state index in [4.69, 9.17) is 5.11 Å². The molecule has 0 unspecified atom stereocenters. The summed E-state index contributed by atoms with van der Waals surface area (Å²) in [5, 5.41) is 16.9. The first-order chi connectivity index (χ1) is 7.58. The van der Waals surface area contributed by atoms with Crippen LogP contribution in [0.4, 0.5) is 0 Å². The Morgan fingerprint density at radius 2 is 2.31 bits per heavy atom. The van der Waals surface area contributed by atoms with Crippen molar-refractivity contribution in [3.8, 4) is 0 Å². The largest absolute Gasteiger partial charge is 0.478 e. The molecule has 2 rings (SSSR count). The maximum Gasteiger partial charge on any atom is 0.339 e. The molecule has 1 N–H and O–H groups in total. The van der Waals surface area contributed by atoms with Crippen molar-refractivity contribution >= 4 is 5.97 Å². The molecule has 0 spiro atoms. The third kappa shape index (κ3) is 1.79. The van der Waals surface area contributed by atoms with Gasteiger partial charge in [-0.25, -0.2) is 9.78 Å². The Morgan fingerprint density at radius 3 is 2.81 bits per heavy atom. The maximum absolute atomic E-state index is 10.8. The second kappa shape index (κ2) is 3.76. The zero-order valence-electron chi connectivity index (χ0n) is 8.95. The molecule has 0 aliphatic carbocycles. The van der Waals surface area contributed by atoms with E-state index in [9.17, 15) is 4.79 Å². The van der Waals surface area contributed by atoms with Crippen LogP contribution in [0.2, 0.25) is 0 Å². The number of carbonyl (C=O) groups is 1. The number of hydrogen-bond acceptors (Lipinski definition) is 4. The van der Waals surface area contributed by atoms with Crippen molar-refractivity contribution < 1.29 is 9.90 Å². The molecule has 0 bridgehead atoms. The molecule has 0 aliphatic heterocycles. The SMILES string of the molecule is Cc1nn(Cc2ncnn2C)cc1C(=O)O. The van der Waals surface area contributed by atoms with Crippen molar-refractivity contribution in [3.05, 3.63) is 29.6 Å². The Labute approximate surface area is 91.3 Å². The fourth-order valence-electron chi connectivity index (χ4n) is 1.42. The Hall–Kier alpha value is -2.18. The van der Waals surface area contributed by atoms with E-state index in [1.807, 2.05) is 0 Å². The van der Waals surface area contributed by atoms with Crippen LogP contribution in [0.15, 0.2) is 12.5 Å². The molecule has 7 nitrogen and oxygen atoms in total. The molecule has 84 valence electrons. The molecular formula is C9H11N5O2. The van der Waals surface area contributed by atoms with E-state index < -0.39 is 5.97 Å². The predicted octanol–water partition coefficient (Wildman–Crippen LogP) is 0.0665. The smallest absolute Gasteiger partial charge is 0.339 e. The Bertz CT molecular complexity index is 528. The van der Waals surface area contributed by atoms with Gasteiger partial charge in [-0.05, 0) is 6.92 Å². The maximum atomic E-state index is 10.8. The lowest BCUT2D eigenvalue weighted by atomic mass is 10.3. The fraction of sp³-hybridized carbons (Fsp3) is 0.333. The van der Waals surface area contributed by atoms with Gasteiger partial charge < -0.3 is 5.11 Å². The standard InChI is InChI=1S/C9H11N5O2/c1-6-7(9(15)16)3-14(12-6)4-8-10-5-11-13(8)2/h3,5H,4H2,1-2H3,(H,15,16). The predicted molar refractivity (Wildman–Crippen MR) is 54.0 cm³/mol. The van der Waals surface area contributed by atoms with Crippen molar-refractivity contribution in [2.45, 2.75) is 13.5 Å². The fourth-order valence-corrected chi connectivity index (χ4v) is 1.42. The summed E-state index contributed by atoms with van der Waals surface area (Å²) in [6.45, 7) is 2.07. The lowest BCUT2D eigenvalue weighted by Gasteiger charge is -1.99. The monoisotopic (exact) mass is 221 g/mol. The summed E-state index contributed by atoms with van der Waals surface area (Å²) in [6.07, 6.45) is 2.94. The topological polar surface area (TPSA) is 85.8 Å². The van der Waals surface area contributed by atoms with Gasteiger partial charge in [0.05, 0.1) is 5.69 Å². The van der Waals surface area contributed by atoms with Gasteiger partial charge in [0, 0.05) is 13.2 Å². The highest BCUT2D eigenvalue weighted by Crippen LogP contribution is 2.06. The van der Waals surface area contributed by atoms with Crippen molar-refractivity contribution in [2.24, 2.45) is 7.05 Å². The molecule has 0 saturated heterocycles. The van der Waals surface area contributed by atoms with Gasteiger partial charge in [-0.15, -0.1) is 0 Å². The summed E-state index contributed by atoms with van der Waals surface area (Å²) < 4.78 is 3.17. The first-order valence-electron chi connectivity index (χ1n) is 4.68. The zero-order chi connectivity index (χ0) is 11.7. The van der Waals surface area contributed by atoms with E-state index in [1.54, 1.807) is 23.3 Å². The third-order valence-corrected chi connectivity index (χ3v) is 2.29. The summed E-state index contributed by atoms with van der Waals surface area (Å²) in [5.41, 5.74) is 0.705. The lowest BCUT2D eigenvalue weighted by molar-refractivity contribution is 0.0696. The van der Waals surface area contributed by atoms with Crippen LogP contribution >= 0.6 is 0 Å². The van der Waals surface area contributed by atoms with Gasteiger partial charge in [-0.3, -0.25) is 9.36 Å². The molecular weight excluding hydrogens is 210 g/mol. The van der Waals surface area contributed by atoms with E-state index in [1.165, 1.54) is 12.5 Å². The van der Waals surface area contributed by atoms with Crippen LogP contribution in [0, 0.1) is 6.92 Å². The first-order valence-corrected chi connectivity index (χ1v) is 4.68. The van der Waals surface area contributed by atoms with E-state index in [-0.39, 0.29) is 5.56 Å². The van der Waals surface area contributed by atoms with E-state index in [2.05, 4.69) is 15.2 Å². The number of aromatic carboxylic acids is 1. The average Bonchev–Trinajstić information content (AvgIpc) is 2.75.